The van der Waals surface area contributed by atoms with Gasteiger partial charge in [-0.25, -0.2) is 0 Å². The van der Waals surface area contributed by atoms with Crippen molar-refractivity contribution < 1.29 is 0 Å². The number of fused-ring (bicyclic) bond motifs is 5. The van der Waals surface area contributed by atoms with Crippen LogP contribution in [0, 0.1) is 29.6 Å². The van der Waals surface area contributed by atoms with Gasteiger partial charge in [0.05, 0.1) is 28.4 Å². The van der Waals surface area contributed by atoms with E-state index in [9.17, 15) is 10.5 Å². The smallest absolute Gasteiger partial charge is 0.101 e. The molecule has 32 heavy (non-hydrogen) atoms. The Morgan fingerprint density at radius 2 is 1.84 bits per heavy atom. The van der Waals surface area contributed by atoms with Gasteiger partial charge in [-0.3, -0.25) is 0 Å². The topological polar surface area (TPSA) is 52.5 Å². The fraction of sp³-hybridized carbons (Fsp3) is 0.103. The number of hydrogen-bond donors (Lipinski definition) is 0. The average Bonchev–Trinajstić information content (AvgIpc) is 3.18. The van der Waals surface area contributed by atoms with Crippen molar-refractivity contribution in [1.82, 2.24) is 4.57 Å². The molecule has 0 bridgehead atoms. The average molecular weight is 412 g/mol. The van der Waals surface area contributed by atoms with Crippen molar-refractivity contribution in [3.05, 3.63) is 107 Å². The molecule has 0 N–H and O–H groups in total. The maximum atomic E-state index is 9.85. The number of hydrogen-bond acceptors (Lipinski definition) is 2. The molecule has 0 saturated heterocycles. The second kappa shape index (κ2) is 7.73. The summed E-state index contributed by atoms with van der Waals surface area (Å²) in [5.74, 6) is 0. The Hall–Kier alpha value is -4.34. The number of nitriles is 2. The molecular weight excluding hydrogens is 390 g/mol. The van der Waals surface area contributed by atoms with Gasteiger partial charge in [-0.05, 0) is 66.3 Å². The lowest BCUT2D eigenvalue weighted by Crippen LogP contribution is -2.09. The first-order chi connectivity index (χ1) is 15.7. The molecule has 4 aromatic rings. The Morgan fingerprint density at radius 1 is 1.00 bits per heavy atom. The quantitative estimate of drug-likeness (QED) is 0.355. The van der Waals surface area contributed by atoms with Crippen LogP contribution in [-0.4, -0.2) is 4.57 Å². The van der Waals surface area contributed by atoms with E-state index in [1.54, 1.807) is 18.2 Å². The van der Waals surface area contributed by atoms with Gasteiger partial charge in [0.2, 0.25) is 0 Å². The Labute approximate surface area is 187 Å². The van der Waals surface area contributed by atoms with Crippen molar-refractivity contribution in [2.24, 2.45) is 0 Å². The summed E-state index contributed by atoms with van der Waals surface area (Å²) in [5.41, 5.74) is 10.3. The molecule has 0 radical (unpaired) electrons. The molecule has 3 aromatic carbocycles. The molecule has 0 spiro atoms. The van der Waals surface area contributed by atoms with Gasteiger partial charge in [0.15, 0.2) is 0 Å². The molecule has 0 amide bonds. The minimum Gasteiger partial charge on any atom is -0.312 e. The Bertz CT molecular complexity index is 1520. The summed E-state index contributed by atoms with van der Waals surface area (Å²) >= 11 is 0. The highest BCUT2D eigenvalue weighted by Crippen LogP contribution is 2.44. The Morgan fingerprint density at radius 3 is 2.62 bits per heavy atom. The van der Waals surface area contributed by atoms with Gasteiger partial charge in [-0.1, -0.05) is 55.1 Å². The number of aromatic nitrogens is 1. The van der Waals surface area contributed by atoms with Gasteiger partial charge < -0.3 is 4.57 Å². The Kier molecular flexibility index (Phi) is 4.74. The first-order valence-electron chi connectivity index (χ1n) is 10.7. The van der Waals surface area contributed by atoms with E-state index in [1.165, 1.54) is 33.3 Å². The zero-order valence-corrected chi connectivity index (χ0v) is 17.9. The summed E-state index contributed by atoms with van der Waals surface area (Å²) in [6, 6.07) is 22.7. The van der Waals surface area contributed by atoms with Gasteiger partial charge >= 0.3 is 0 Å². The van der Waals surface area contributed by atoms with Crippen LogP contribution in [0.25, 0.3) is 33.8 Å². The zero-order chi connectivity index (χ0) is 22.2. The summed E-state index contributed by atoms with van der Waals surface area (Å²) in [6.45, 7) is 5.96. The van der Waals surface area contributed by atoms with Crippen LogP contribution in [0.1, 0.15) is 33.5 Å². The molecule has 0 saturated carbocycles. The molecule has 3 heteroatoms. The Balaban J connectivity index is 1.95. The van der Waals surface area contributed by atoms with E-state index in [-0.39, 0.29) is 0 Å². The van der Waals surface area contributed by atoms with Crippen LogP contribution in [0.5, 0.6) is 0 Å². The molecule has 0 unspecified atom stereocenters. The van der Waals surface area contributed by atoms with Crippen molar-refractivity contribution in [3.8, 4) is 29.0 Å². The molecule has 0 fully saturated rings. The normalized spacial score (nSPS) is 12.2. The first-order valence-corrected chi connectivity index (χ1v) is 10.7. The predicted molar refractivity (Wildman–Crippen MR) is 130 cm³/mol. The molecule has 5 rings (SSSR count). The number of aryl methyl sites for hydroxylation is 2. The van der Waals surface area contributed by atoms with Crippen LogP contribution >= 0.6 is 0 Å². The van der Waals surface area contributed by atoms with Gasteiger partial charge in [0, 0.05) is 16.6 Å². The number of benzene rings is 3. The van der Waals surface area contributed by atoms with Crippen LogP contribution in [0.2, 0.25) is 0 Å². The van der Waals surface area contributed by atoms with E-state index in [0.29, 0.717) is 11.1 Å². The third-order valence-electron chi connectivity index (χ3n) is 6.35. The van der Waals surface area contributed by atoms with Crippen LogP contribution in [0.3, 0.4) is 0 Å². The molecule has 1 aliphatic rings. The lowest BCUT2D eigenvalue weighted by atomic mass is 9.86. The van der Waals surface area contributed by atoms with Gasteiger partial charge in [0.25, 0.3) is 0 Å². The first kappa shape index (κ1) is 19.6. The number of nitrogens with zero attached hydrogens (tertiary/aromatic N) is 3. The SMILES string of the molecule is C=C/C=C\c1ccc2c(c1C)c1c(n2-c2cc(C#N)ccc2C#N)CCc2ccccc2-1. The summed E-state index contributed by atoms with van der Waals surface area (Å²) < 4.78 is 2.20. The van der Waals surface area contributed by atoms with Gasteiger partial charge in [0.1, 0.15) is 6.07 Å². The van der Waals surface area contributed by atoms with Gasteiger partial charge in [-0.2, -0.15) is 10.5 Å². The standard InChI is InChI=1S/C29H21N3/c1-3-4-7-21-12-14-25-28(19(21)2)29-24-9-6-5-8-22(24)13-15-26(29)32(25)27-16-20(17-30)10-11-23(27)18-31/h3-12,14,16H,1,13,15H2,2H3/b7-4-. The highest BCUT2D eigenvalue weighted by molar-refractivity contribution is 6.04. The number of rotatable bonds is 3. The predicted octanol–water partition coefficient (Wildman–Crippen LogP) is 6.65. The summed E-state index contributed by atoms with van der Waals surface area (Å²) in [7, 11) is 0. The molecule has 1 aliphatic carbocycles. The fourth-order valence-corrected chi connectivity index (χ4v) is 4.89. The molecule has 0 aliphatic heterocycles. The highest BCUT2D eigenvalue weighted by atomic mass is 15.0. The van der Waals surface area contributed by atoms with Crippen LogP contribution in [-0.2, 0) is 12.8 Å². The molecular formula is C29H21N3. The van der Waals surface area contributed by atoms with Crippen molar-refractivity contribution in [2.45, 2.75) is 19.8 Å². The van der Waals surface area contributed by atoms with E-state index in [0.717, 1.165) is 29.6 Å². The van der Waals surface area contributed by atoms with Crippen LogP contribution in [0.15, 0.2) is 73.3 Å². The lowest BCUT2D eigenvalue weighted by Gasteiger charge is -2.20. The van der Waals surface area contributed by atoms with E-state index in [4.69, 9.17) is 0 Å². The largest absolute Gasteiger partial charge is 0.312 e. The molecule has 1 heterocycles. The monoisotopic (exact) mass is 411 g/mol. The minimum absolute atomic E-state index is 0.549. The van der Waals surface area contributed by atoms with Gasteiger partial charge in [-0.15, -0.1) is 0 Å². The second-order valence-corrected chi connectivity index (χ2v) is 8.04. The molecule has 3 nitrogen and oxygen atoms in total. The minimum atomic E-state index is 0.549. The van der Waals surface area contributed by atoms with Crippen LogP contribution < -0.4 is 0 Å². The van der Waals surface area contributed by atoms with E-state index in [1.807, 2.05) is 12.1 Å². The van der Waals surface area contributed by atoms with E-state index < -0.39 is 0 Å². The van der Waals surface area contributed by atoms with Crippen LogP contribution in [0.4, 0.5) is 0 Å². The lowest BCUT2D eigenvalue weighted by molar-refractivity contribution is 0.864. The third-order valence-corrected chi connectivity index (χ3v) is 6.35. The maximum Gasteiger partial charge on any atom is 0.101 e. The highest BCUT2D eigenvalue weighted by Gasteiger charge is 2.27. The molecule has 0 atom stereocenters. The van der Waals surface area contributed by atoms with Crippen molar-refractivity contribution in [2.75, 3.05) is 0 Å². The zero-order valence-electron chi connectivity index (χ0n) is 17.9. The van der Waals surface area contributed by atoms with Crippen molar-refractivity contribution in [3.63, 3.8) is 0 Å². The maximum absolute atomic E-state index is 9.85. The fourth-order valence-electron chi connectivity index (χ4n) is 4.89. The van der Waals surface area contributed by atoms with E-state index in [2.05, 4.69) is 72.7 Å². The number of allylic oxidation sites excluding steroid dienone is 2. The summed E-state index contributed by atoms with van der Waals surface area (Å²) in [5, 5.41) is 20.6. The van der Waals surface area contributed by atoms with Crippen molar-refractivity contribution >= 4 is 17.0 Å². The third kappa shape index (κ3) is 2.88. The molecule has 1 aromatic heterocycles. The molecule has 152 valence electrons. The summed E-state index contributed by atoms with van der Waals surface area (Å²) in [6.07, 6.45) is 7.64. The van der Waals surface area contributed by atoms with Crippen molar-refractivity contribution in [1.29, 1.82) is 10.5 Å². The van der Waals surface area contributed by atoms with E-state index >= 15 is 0 Å². The second-order valence-electron chi connectivity index (χ2n) is 8.04. The summed E-state index contributed by atoms with van der Waals surface area (Å²) in [4.78, 5) is 0.